The zero-order valence-electron chi connectivity index (χ0n) is 9.88. The van der Waals surface area contributed by atoms with E-state index in [1.54, 1.807) is 0 Å². The van der Waals surface area contributed by atoms with Crippen molar-refractivity contribution < 1.29 is 0 Å². The molecule has 0 heterocycles. The largest absolute Gasteiger partial charge is 0.327 e. The molecule has 1 rings (SSSR count). The third-order valence-electron chi connectivity index (χ3n) is 2.96. The fourth-order valence-electron chi connectivity index (χ4n) is 2.04. The van der Waals surface area contributed by atoms with Crippen LogP contribution in [-0.2, 0) is 0 Å². The maximum absolute atomic E-state index is 6.23. The summed E-state index contributed by atoms with van der Waals surface area (Å²) in [4.78, 5) is 0. The molecule has 84 valence electrons. The molecular formula is C12H25NS. The molecule has 0 radical (unpaired) electrons. The molecule has 1 nitrogen and oxygen atoms in total. The third kappa shape index (κ3) is 4.70. The first-order chi connectivity index (χ1) is 6.49. The summed E-state index contributed by atoms with van der Waals surface area (Å²) < 4.78 is 0.367. The first kappa shape index (κ1) is 12.4. The van der Waals surface area contributed by atoms with Crippen LogP contribution in [0.25, 0.3) is 0 Å². The molecule has 1 atom stereocenters. The van der Waals surface area contributed by atoms with Gasteiger partial charge in [-0.1, -0.05) is 40.0 Å². The SMILES string of the molecule is CC(C)(C)SCC(N)C1CCCCC1. The van der Waals surface area contributed by atoms with Crippen LogP contribution in [0.5, 0.6) is 0 Å². The summed E-state index contributed by atoms with van der Waals surface area (Å²) in [7, 11) is 0. The smallest absolute Gasteiger partial charge is 0.0159 e. The quantitative estimate of drug-likeness (QED) is 0.780. The molecule has 0 aliphatic heterocycles. The highest BCUT2D eigenvalue weighted by Gasteiger charge is 2.22. The van der Waals surface area contributed by atoms with E-state index in [-0.39, 0.29) is 0 Å². The molecule has 0 bridgehead atoms. The van der Waals surface area contributed by atoms with Gasteiger partial charge in [-0.2, -0.15) is 11.8 Å². The maximum Gasteiger partial charge on any atom is 0.0159 e. The van der Waals surface area contributed by atoms with Crippen LogP contribution in [0, 0.1) is 5.92 Å². The summed E-state index contributed by atoms with van der Waals surface area (Å²) in [6.07, 6.45) is 6.96. The molecule has 2 heteroatoms. The van der Waals surface area contributed by atoms with Crippen molar-refractivity contribution >= 4 is 11.8 Å². The second-order valence-electron chi connectivity index (χ2n) is 5.49. The van der Waals surface area contributed by atoms with Crippen molar-refractivity contribution in [3.8, 4) is 0 Å². The molecule has 1 unspecified atom stereocenters. The predicted molar refractivity (Wildman–Crippen MR) is 66.8 cm³/mol. The van der Waals surface area contributed by atoms with Crippen LogP contribution >= 0.6 is 11.8 Å². The number of nitrogens with two attached hydrogens (primary N) is 1. The molecule has 0 aromatic rings. The van der Waals surface area contributed by atoms with Crippen LogP contribution in [0.3, 0.4) is 0 Å². The van der Waals surface area contributed by atoms with Crippen molar-refractivity contribution in [1.29, 1.82) is 0 Å². The summed E-state index contributed by atoms with van der Waals surface area (Å²) in [6.45, 7) is 6.81. The summed E-state index contributed by atoms with van der Waals surface area (Å²) in [5.41, 5.74) is 6.23. The molecule has 0 aromatic heterocycles. The third-order valence-corrected chi connectivity index (χ3v) is 4.38. The number of hydrogen-bond donors (Lipinski definition) is 1. The second-order valence-corrected chi connectivity index (χ2v) is 7.33. The standard InChI is InChI=1S/C12H25NS/c1-12(2,3)14-9-11(13)10-7-5-4-6-8-10/h10-11H,4-9,13H2,1-3H3. The molecule has 1 aliphatic carbocycles. The second kappa shape index (κ2) is 5.41. The summed E-state index contributed by atoms with van der Waals surface area (Å²) >= 11 is 2.01. The van der Waals surface area contributed by atoms with E-state index in [1.165, 1.54) is 32.1 Å². The first-order valence-electron chi connectivity index (χ1n) is 5.88. The first-order valence-corrected chi connectivity index (χ1v) is 6.87. The molecule has 1 fully saturated rings. The van der Waals surface area contributed by atoms with Crippen molar-refractivity contribution in [2.45, 2.75) is 63.7 Å². The molecule has 1 saturated carbocycles. The Kier molecular flexibility index (Phi) is 4.78. The monoisotopic (exact) mass is 215 g/mol. The van der Waals surface area contributed by atoms with Gasteiger partial charge in [0.1, 0.15) is 0 Å². The Balaban J connectivity index is 2.23. The minimum absolute atomic E-state index is 0.367. The van der Waals surface area contributed by atoms with Gasteiger partial charge in [-0.05, 0) is 18.8 Å². The van der Waals surface area contributed by atoms with Gasteiger partial charge in [-0.3, -0.25) is 0 Å². The van der Waals surface area contributed by atoms with E-state index in [0.717, 1.165) is 11.7 Å². The summed E-state index contributed by atoms with van der Waals surface area (Å²) in [5, 5.41) is 0. The average Bonchev–Trinajstić information content (AvgIpc) is 2.14. The van der Waals surface area contributed by atoms with Crippen LogP contribution in [-0.4, -0.2) is 16.5 Å². The Morgan fingerprint density at radius 2 is 1.79 bits per heavy atom. The Labute approximate surface area is 93.2 Å². The number of rotatable bonds is 3. The van der Waals surface area contributed by atoms with Gasteiger partial charge in [-0.15, -0.1) is 0 Å². The van der Waals surface area contributed by atoms with Gasteiger partial charge in [0.25, 0.3) is 0 Å². The van der Waals surface area contributed by atoms with Crippen molar-refractivity contribution in [2.24, 2.45) is 11.7 Å². The van der Waals surface area contributed by atoms with Crippen LogP contribution in [0.4, 0.5) is 0 Å². The van der Waals surface area contributed by atoms with E-state index in [2.05, 4.69) is 20.8 Å². The molecular weight excluding hydrogens is 190 g/mol. The van der Waals surface area contributed by atoms with Gasteiger partial charge >= 0.3 is 0 Å². The molecule has 2 N–H and O–H groups in total. The molecule has 0 aromatic carbocycles. The summed E-state index contributed by atoms with van der Waals surface area (Å²) in [5.74, 6) is 1.94. The van der Waals surface area contributed by atoms with Gasteiger partial charge in [0, 0.05) is 16.5 Å². The van der Waals surface area contributed by atoms with Crippen LogP contribution < -0.4 is 5.73 Å². The Morgan fingerprint density at radius 3 is 2.29 bits per heavy atom. The normalized spacial score (nSPS) is 22.3. The van der Waals surface area contributed by atoms with Gasteiger partial charge in [0.15, 0.2) is 0 Å². The van der Waals surface area contributed by atoms with Crippen LogP contribution in [0.15, 0.2) is 0 Å². The fourth-order valence-corrected chi connectivity index (χ4v) is 3.01. The Morgan fingerprint density at radius 1 is 1.21 bits per heavy atom. The van der Waals surface area contributed by atoms with E-state index < -0.39 is 0 Å². The highest BCUT2D eigenvalue weighted by atomic mass is 32.2. The molecule has 0 amide bonds. The zero-order chi connectivity index (χ0) is 10.6. The van der Waals surface area contributed by atoms with E-state index in [0.29, 0.717) is 10.8 Å². The number of thioether (sulfide) groups is 1. The van der Waals surface area contributed by atoms with E-state index in [9.17, 15) is 0 Å². The molecule has 1 aliphatic rings. The maximum atomic E-state index is 6.23. The lowest BCUT2D eigenvalue weighted by Gasteiger charge is -2.29. The topological polar surface area (TPSA) is 26.0 Å². The van der Waals surface area contributed by atoms with Gasteiger partial charge in [-0.25, -0.2) is 0 Å². The number of hydrogen-bond acceptors (Lipinski definition) is 2. The highest BCUT2D eigenvalue weighted by molar-refractivity contribution is 8.00. The zero-order valence-corrected chi connectivity index (χ0v) is 10.7. The van der Waals surface area contributed by atoms with Crippen molar-refractivity contribution in [1.82, 2.24) is 0 Å². The Hall–Kier alpha value is 0.310. The molecule has 0 spiro atoms. The van der Waals surface area contributed by atoms with E-state index in [4.69, 9.17) is 5.73 Å². The van der Waals surface area contributed by atoms with Crippen LogP contribution in [0.2, 0.25) is 0 Å². The van der Waals surface area contributed by atoms with Crippen LogP contribution in [0.1, 0.15) is 52.9 Å². The molecule has 0 saturated heterocycles. The fraction of sp³-hybridized carbons (Fsp3) is 1.00. The lowest BCUT2D eigenvalue weighted by atomic mass is 9.85. The van der Waals surface area contributed by atoms with Crippen molar-refractivity contribution in [3.05, 3.63) is 0 Å². The van der Waals surface area contributed by atoms with Crippen molar-refractivity contribution in [3.63, 3.8) is 0 Å². The van der Waals surface area contributed by atoms with Crippen molar-refractivity contribution in [2.75, 3.05) is 5.75 Å². The lowest BCUT2D eigenvalue weighted by molar-refractivity contribution is 0.319. The highest BCUT2D eigenvalue weighted by Crippen LogP contribution is 2.30. The minimum atomic E-state index is 0.367. The lowest BCUT2D eigenvalue weighted by Crippen LogP contribution is -2.35. The molecule has 14 heavy (non-hydrogen) atoms. The predicted octanol–water partition coefficient (Wildman–Crippen LogP) is 3.43. The van der Waals surface area contributed by atoms with Gasteiger partial charge < -0.3 is 5.73 Å². The summed E-state index contributed by atoms with van der Waals surface area (Å²) in [6, 6.07) is 0.430. The van der Waals surface area contributed by atoms with E-state index in [1.807, 2.05) is 11.8 Å². The average molecular weight is 215 g/mol. The minimum Gasteiger partial charge on any atom is -0.327 e. The van der Waals surface area contributed by atoms with Gasteiger partial charge in [0.2, 0.25) is 0 Å². The Bertz CT molecular complexity index is 156. The van der Waals surface area contributed by atoms with E-state index >= 15 is 0 Å². The van der Waals surface area contributed by atoms with Gasteiger partial charge in [0.05, 0.1) is 0 Å².